The van der Waals surface area contributed by atoms with Crippen molar-refractivity contribution in [2.45, 2.75) is 32.7 Å². The summed E-state index contributed by atoms with van der Waals surface area (Å²) in [7, 11) is 0. The Morgan fingerprint density at radius 3 is 2.40 bits per heavy atom. The van der Waals surface area contributed by atoms with Gasteiger partial charge in [-0.15, -0.1) is 0 Å². The molecule has 6 nitrogen and oxygen atoms in total. The Morgan fingerprint density at radius 1 is 1.12 bits per heavy atom. The minimum absolute atomic E-state index is 0.0467. The van der Waals surface area contributed by atoms with Crippen LogP contribution < -0.4 is 10.6 Å². The maximum absolute atomic E-state index is 12.5. The van der Waals surface area contributed by atoms with Gasteiger partial charge in [0.05, 0.1) is 16.2 Å². The number of nitro groups is 1. The summed E-state index contributed by atoms with van der Waals surface area (Å²) < 4.78 is 0. The Labute approximate surface area is 147 Å². The molecule has 0 atom stereocenters. The molecule has 6 heteroatoms. The Kier molecular flexibility index (Phi) is 5.75. The first-order valence-electron chi connectivity index (χ1n) is 8.15. The first-order valence-corrected chi connectivity index (χ1v) is 8.15. The summed E-state index contributed by atoms with van der Waals surface area (Å²) >= 11 is 0. The smallest absolute Gasteiger partial charge is 0.271 e. The third kappa shape index (κ3) is 5.60. The summed E-state index contributed by atoms with van der Waals surface area (Å²) in [4.78, 5) is 23.0. The van der Waals surface area contributed by atoms with Crippen LogP contribution in [0.4, 0.5) is 11.4 Å². The van der Waals surface area contributed by atoms with Crippen LogP contribution in [0, 0.1) is 10.1 Å². The number of carbonyl (C=O) groups excluding carboxylic acids is 1. The lowest BCUT2D eigenvalue weighted by molar-refractivity contribution is -0.384. The highest BCUT2D eigenvalue weighted by atomic mass is 16.6. The van der Waals surface area contributed by atoms with Gasteiger partial charge in [-0.1, -0.05) is 30.3 Å². The summed E-state index contributed by atoms with van der Waals surface area (Å²) in [5, 5.41) is 17.1. The molecule has 2 aromatic carbocycles. The summed E-state index contributed by atoms with van der Waals surface area (Å²) in [5.41, 5.74) is 1.58. The van der Waals surface area contributed by atoms with E-state index in [4.69, 9.17) is 0 Å². The SMILES string of the molecule is CC(C)(C)NC(=O)c1ccc([N+](=O)[O-])cc1NCCc1ccccc1. The quantitative estimate of drug-likeness (QED) is 0.618. The van der Waals surface area contributed by atoms with Crippen LogP contribution in [0.15, 0.2) is 48.5 Å². The number of hydrogen-bond donors (Lipinski definition) is 2. The standard InChI is InChI=1S/C19H23N3O3/c1-19(2,3)21-18(23)16-10-9-15(22(24)25)13-17(16)20-12-11-14-7-5-4-6-8-14/h4-10,13,20H,11-12H2,1-3H3,(H,21,23). The molecule has 0 heterocycles. The molecule has 25 heavy (non-hydrogen) atoms. The summed E-state index contributed by atoms with van der Waals surface area (Å²) in [6, 6.07) is 14.2. The third-order valence-corrected chi connectivity index (χ3v) is 3.52. The topological polar surface area (TPSA) is 84.3 Å². The average Bonchev–Trinajstić information content (AvgIpc) is 2.54. The number of hydrogen-bond acceptors (Lipinski definition) is 4. The van der Waals surface area contributed by atoms with E-state index in [1.165, 1.54) is 18.2 Å². The van der Waals surface area contributed by atoms with Gasteiger partial charge in [-0.05, 0) is 38.8 Å². The van der Waals surface area contributed by atoms with E-state index in [-0.39, 0.29) is 17.1 Å². The van der Waals surface area contributed by atoms with Gasteiger partial charge in [-0.25, -0.2) is 0 Å². The molecule has 2 rings (SSSR count). The van der Waals surface area contributed by atoms with Crippen LogP contribution in [-0.2, 0) is 6.42 Å². The minimum Gasteiger partial charge on any atom is -0.384 e. The van der Waals surface area contributed by atoms with E-state index in [0.29, 0.717) is 17.8 Å². The van der Waals surface area contributed by atoms with Crippen molar-refractivity contribution in [3.05, 3.63) is 69.8 Å². The van der Waals surface area contributed by atoms with Gasteiger partial charge in [-0.2, -0.15) is 0 Å². The van der Waals surface area contributed by atoms with E-state index in [1.807, 2.05) is 51.1 Å². The van der Waals surface area contributed by atoms with E-state index >= 15 is 0 Å². The maximum Gasteiger partial charge on any atom is 0.271 e. The Balaban J connectivity index is 2.18. The van der Waals surface area contributed by atoms with Gasteiger partial charge in [0, 0.05) is 24.2 Å². The molecule has 0 radical (unpaired) electrons. The van der Waals surface area contributed by atoms with Crippen molar-refractivity contribution in [3.63, 3.8) is 0 Å². The van der Waals surface area contributed by atoms with Gasteiger partial charge in [-0.3, -0.25) is 14.9 Å². The van der Waals surface area contributed by atoms with E-state index < -0.39 is 4.92 Å². The number of anilines is 1. The zero-order valence-corrected chi connectivity index (χ0v) is 14.7. The van der Waals surface area contributed by atoms with Crippen LogP contribution in [0.1, 0.15) is 36.7 Å². The van der Waals surface area contributed by atoms with Crippen LogP contribution >= 0.6 is 0 Å². The number of nitro benzene ring substituents is 1. The largest absolute Gasteiger partial charge is 0.384 e. The van der Waals surface area contributed by atoms with Gasteiger partial charge in [0.1, 0.15) is 0 Å². The number of rotatable bonds is 6. The van der Waals surface area contributed by atoms with Crippen LogP contribution in [0.5, 0.6) is 0 Å². The molecule has 0 saturated heterocycles. The Morgan fingerprint density at radius 2 is 1.80 bits per heavy atom. The van der Waals surface area contributed by atoms with Gasteiger partial charge in [0.25, 0.3) is 11.6 Å². The Hall–Kier alpha value is -2.89. The Bertz CT molecular complexity index is 752. The monoisotopic (exact) mass is 341 g/mol. The highest BCUT2D eigenvalue weighted by Crippen LogP contribution is 2.23. The van der Waals surface area contributed by atoms with Crippen molar-refractivity contribution in [2.24, 2.45) is 0 Å². The summed E-state index contributed by atoms with van der Waals surface area (Å²) in [6.07, 6.45) is 0.754. The number of nitrogens with zero attached hydrogens (tertiary/aromatic N) is 1. The number of carbonyl (C=O) groups is 1. The molecule has 0 saturated carbocycles. The van der Waals surface area contributed by atoms with Crippen molar-refractivity contribution in [3.8, 4) is 0 Å². The minimum atomic E-state index is -0.464. The molecule has 1 amide bonds. The lowest BCUT2D eigenvalue weighted by Crippen LogP contribution is -2.40. The maximum atomic E-state index is 12.5. The predicted molar refractivity (Wildman–Crippen MR) is 99.0 cm³/mol. The average molecular weight is 341 g/mol. The molecule has 132 valence electrons. The second-order valence-corrected chi connectivity index (χ2v) is 6.85. The first kappa shape index (κ1) is 18.4. The fraction of sp³-hybridized carbons (Fsp3) is 0.316. The molecule has 0 aromatic heterocycles. The molecule has 2 aromatic rings. The summed E-state index contributed by atoms with van der Waals surface area (Å²) in [6.45, 7) is 6.23. The van der Waals surface area contributed by atoms with Crippen LogP contribution in [-0.4, -0.2) is 22.9 Å². The number of benzene rings is 2. The van der Waals surface area contributed by atoms with Crippen molar-refractivity contribution >= 4 is 17.3 Å². The first-order chi connectivity index (χ1) is 11.8. The van der Waals surface area contributed by atoms with Crippen LogP contribution in [0.3, 0.4) is 0 Å². The molecule has 2 N–H and O–H groups in total. The fourth-order valence-electron chi connectivity index (χ4n) is 2.38. The third-order valence-electron chi connectivity index (χ3n) is 3.52. The fourth-order valence-corrected chi connectivity index (χ4v) is 2.38. The van der Waals surface area contributed by atoms with Crippen LogP contribution in [0.2, 0.25) is 0 Å². The van der Waals surface area contributed by atoms with Crippen molar-refractivity contribution in [1.82, 2.24) is 5.32 Å². The van der Waals surface area contributed by atoms with Crippen LogP contribution in [0.25, 0.3) is 0 Å². The molecule has 0 unspecified atom stereocenters. The van der Waals surface area contributed by atoms with Crippen molar-refractivity contribution < 1.29 is 9.72 Å². The molecular formula is C19H23N3O3. The second-order valence-electron chi connectivity index (χ2n) is 6.85. The van der Waals surface area contributed by atoms with E-state index in [0.717, 1.165) is 12.0 Å². The van der Waals surface area contributed by atoms with Crippen molar-refractivity contribution in [2.75, 3.05) is 11.9 Å². The number of amides is 1. The highest BCUT2D eigenvalue weighted by molar-refractivity contribution is 6.00. The summed E-state index contributed by atoms with van der Waals surface area (Å²) in [5.74, 6) is -0.260. The molecule has 0 fully saturated rings. The molecule has 0 spiro atoms. The van der Waals surface area contributed by atoms with E-state index in [9.17, 15) is 14.9 Å². The van der Waals surface area contributed by atoms with Gasteiger partial charge < -0.3 is 10.6 Å². The zero-order chi connectivity index (χ0) is 18.4. The van der Waals surface area contributed by atoms with Gasteiger partial charge in [0.15, 0.2) is 0 Å². The molecule has 0 aliphatic heterocycles. The number of nitrogens with one attached hydrogen (secondary N) is 2. The van der Waals surface area contributed by atoms with Crippen molar-refractivity contribution in [1.29, 1.82) is 0 Å². The zero-order valence-electron chi connectivity index (χ0n) is 14.7. The molecule has 0 bridgehead atoms. The lowest BCUT2D eigenvalue weighted by Gasteiger charge is -2.21. The predicted octanol–water partition coefficient (Wildman–Crippen LogP) is 3.78. The lowest BCUT2D eigenvalue weighted by atomic mass is 10.1. The van der Waals surface area contributed by atoms with E-state index in [1.54, 1.807) is 0 Å². The van der Waals surface area contributed by atoms with E-state index in [2.05, 4.69) is 10.6 Å². The molecule has 0 aliphatic carbocycles. The second kappa shape index (κ2) is 7.79. The number of non-ortho nitro benzene ring substituents is 1. The highest BCUT2D eigenvalue weighted by Gasteiger charge is 2.20. The molecular weight excluding hydrogens is 318 g/mol. The van der Waals surface area contributed by atoms with Gasteiger partial charge in [0.2, 0.25) is 0 Å². The molecule has 0 aliphatic rings. The van der Waals surface area contributed by atoms with Gasteiger partial charge >= 0.3 is 0 Å². The normalized spacial score (nSPS) is 11.0.